The van der Waals surface area contributed by atoms with Crippen LogP contribution in [0.15, 0.2) is 54.7 Å². The fourth-order valence-electron chi connectivity index (χ4n) is 4.53. The van der Waals surface area contributed by atoms with Crippen LogP contribution in [0, 0.1) is 5.92 Å². The Morgan fingerprint density at radius 3 is 2.73 bits per heavy atom. The van der Waals surface area contributed by atoms with Gasteiger partial charge >= 0.3 is 6.09 Å². The quantitative estimate of drug-likeness (QED) is 0.367. The van der Waals surface area contributed by atoms with E-state index in [1.807, 2.05) is 36.4 Å². The number of nitrogens with zero attached hydrogens (tertiary/aromatic N) is 2. The first-order valence-corrected chi connectivity index (χ1v) is 14.2. The van der Waals surface area contributed by atoms with Gasteiger partial charge in [-0.3, -0.25) is 0 Å². The molecule has 0 radical (unpaired) electrons. The average molecular weight is 535 g/mol. The van der Waals surface area contributed by atoms with Crippen molar-refractivity contribution in [2.75, 3.05) is 44.4 Å². The molecule has 5 atom stereocenters. The lowest BCUT2D eigenvalue weighted by molar-refractivity contribution is -0.0907. The van der Waals surface area contributed by atoms with Gasteiger partial charge in [-0.2, -0.15) is 4.31 Å². The molecule has 1 amide bonds. The number of hydrogen-bond donors (Lipinski definition) is 3. The summed E-state index contributed by atoms with van der Waals surface area (Å²) in [4.78, 5) is 17.0. The van der Waals surface area contributed by atoms with Crippen molar-refractivity contribution in [3.05, 3.63) is 60.3 Å². The summed E-state index contributed by atoms with van der Waals surface area (Å²) in [5.41, 5.74) is 0.878. The van der Waals surface area contributed by atoms with Gasteiger partial charge in [0.1, 0.15) is 11.9 Å². The number of carbonyl (C=O) groups excluding carboxylic acids is 1. The van der Waals surface area contributed by atoms with Crippen LogP contribution in [-0.4, -0.2) is 92.6 Å². The average Bonchev–Trinajstić information content (AvgIpc) is 3.49. The van der Waals surface area contributed by atoms with Crippen LogP contribution in [0.5, 0.6) is 0 Å². The maximum atomic E-state index is 12.8. The summed E-state index contributed by atoms with van der Waals surface area (Å²) in [7, 11) is -3.64. The number of fused-ring (bicyclic) bond motifs is 1. The van der Waals surface area contributed by atoms with Crippen molar-refractivity contribution in [1.29, 1.82) is 0 Å². The van der Waals surface area contributed by atoms with E-state index in [4.69, 9.17) is 14.2 Å². The molecule has 2 aliphatic rings. The zero-order valence-corrected chi connectivity index (χ0v) is 21.5. The van der Waals surface area contributed by atoms with Crippen molar-refractivity contribution in [1.82, 2.24) is 14.6 Å². The maximum absolute atomic E-state index is 12.8. The second-order valence-corrected chi connectivity index (χ2v) is 11.2. The highest BCUT2D eigenvalue weighted by atomic mass is 32.2. The second-order valence-electron chi connectivity index (χ2n) is 9.24. The summed E-state index contributed by atoms with van der Waals surface area (Å²) >= 11 is 0. The predicted molar refractivity (Wildman–Crippen MR) is 136 cm³/mol. The minimum absolute atomic E-state index is 0.0180. The minimum Gasteiger partial charge on any atom is -0.443 e. The van der Waals surface area contributed by atoms with Crippen molar-refractivity contribution in [2.24, 2.45) is 5.92 Å². The van der Waals surface area contributed by atoms with E-state index < -0.39 is 34.4 Å². The van der Waals surface area contributed by atoms with Crippen LogP contribution in [0.1, 0.15) is 12.0 Å². The molecule has 0 aliphatic carbocycles. The van der Waals surface area contributed by atoms with Crippen LogP contribution in [-0.2, 0) is 30.7 Å². The van der Waals surface area contributed by atoms with Crippen LogP contribution in [0.25, 0.3) is 0 Å². The number of benzene rings is 1. The predicted octanol–water partition coefficient (Wildman–Crippen LogP) is 1.21. The molecule has 1 aromatic carbocycles. The molecule has 2 saturated heterocycles. The van der Waals surface area contributed by atoms with E-state index in [0.717, 1.165) is 18.2 Å². The van der Waals surface area contributed by atoms with E-state index in [-0.39, 0.29) is 38.3 Å². The number of amides is 1. The lowest BCUT2D eigenvalue weighted by Gasteiger charge is -2.29. The van der Waals surface area contributed by atoms with Crippen molar-refractivity contribution < 1.29 is 32.5 Å². The van der Waals surface area contributed by atoms with Crippen molar-refractivity contribution in [3.63, 3.8) is 0 Å². The first kappa shape index (κ1) is 27.3. The summed E-state index contributed by atoms with van der Waals surface area (Å²) < 4.78 is 42.8. The molecule has 2 aromatic rings. The third kappa shape index (κ3) is 7.86. The Kier molecular flexibility index (Phi) is 9.33. The number of carbonyl (C=O) groups is 1. The number of pyridine rings is 1. The van der Waals surface area contributed by atoms with Gasteiger partial charge in [-0.25, -0.2) is 18.2 Å². The Bertz CT molecular complexity index is 1110. The molecule has 12 heteroatoms. The first-order chi connectivity index (χ1) is 17.8. The van der Waals surface area contributed by atoms with Crippen LogP contribution in [0.4, 0.5) is 10.6 Å². The van der Waals surface area contributed by atoms with Crippen molar-refractivity contribution >= 4 is 21.9 Å². The Balaban J connectivity index is 1.39. The molecular formula is C25H34N4O7S. The van der Waals surface area contributed by atoms with E-state index in [1.165, 1.54) is 4.31 Å². The minimum atomic E-state index is -3.64. The summed E-state index contributed by atoms with van der Waals surface area (Å²) in [5, 5.41) is 17.0. The molecule has 0 bridgehead atoms. The fourth-order valence-corrected chi connectivity index (χ4v) is 5.37. The number of anilines is 1. The SMILES string of the molecule is CS(=O)(=O)N(CCNc1ccccn1)C[C@@H](O)[C@H](Cc1ccccc1)NC(=O)OC1COC2OCCC12. The number of sulfonamides is 1. The highest BCUT2D eigenvalue weighted by Gasteiger charge is 2.44. The zero-order chi connectivity index (χ0) is 26.3. The molecule has 11 nitrogen and oxygen atoms in total. The van der Waals surface area contributed by atoms with Gasteiger partial charge in [0.2, 0.25) is 10.0 Å². The van der Waals surface area contributed by atoms with Crippen LogP contribution in [0.2, 0.25) is 0 Å². The normalized spacial score (nSPS) is 22.8. The van der Waals surface area contributed by atoms with E-state index in [1.54, 1.807) is 18.3 Å². The summed E-state index contributed by atoms with van der Waals surface area (Å²) in [6.07, 6.45) is 1.08. The van der Waals surface area contributed by atoms with Gasteiger partial charge in [0.05, 0.1) is 37.5 Å². The Labute approximate surface area is 217 Å². The van der Waals surface area contributed by atoms with Gasteiger partial charge in [-0.15, -0.1) is 0 Å². The van der Waals surface area contributed by atoms with Gasteiger partial charge in [-0.05, 0) is 30.5 Å². The summed E-state index contributed by atoms with van der Waals surface area (Å²) in [6, 6.07) is 13.9. The molecule has 1 aromatic heterocycles. The second kappa shape index (κ2) is 12.7. The third-order valence-corrected chi connectivity index (χ3v) is 7.77. The van der Waals surface area contributed by atoms with Gasteiger partial charge in [0.25, 0.3) is 0 Å². The number of aliphatic hydroxyl groups is 1. The lowest BCUT2D eigenvalue weighted by Crippen LogP contribution is -2.51. The smallest absolute Gasteiger partial charge is 0.407 e. The molecular weight excluding hydrogens is 500 g/mol. The summed E-state index contributed by atoms with van der Waals surface area (Å²) in [5.74, 6) is 0.601. The number of rotatable bonds is 12. The lowest BCUT2D eigenvalue weighted by atomic mass is 10.0. The number of ether oxygens (including phenoxy) is 3. The number of hydrogen-bond acceptors (Lipinski definition) is 9. The molecule has 2 fully saturated rings. The molecule has 0 saturated carbocycles. The number of alkyl carbamates (subject to hydrolysis) is 1. The van der Waals surface area contributed by atoms with E-state index >= 15 is 0 Å². The largest absolute Gasteiger partial charge is 0.443 e. The molecule has 2 aliphatic heterocycles. The van der Waals surface area contributed by atoms with E-state index in [9.17, 15) is 18.3 Å². The summed E-state index contributed by atoms with van der Waals surface area (Å²) in [6.45, 7) is 1.01. The number of aliphatic hydroxyl groups excluding tert-OH is 1. The third-order valence-electron chi connectivity index (χ3n) is 6.50. The molecule has 37 heavy (non-hydrogen) atoms. The first-order valence-electron chi connectivity index (χ1n) is 12.3. The Hall–Kier alpha value is -2.77. The Morgan fingerprint density at radius 1 is 1.22 bits per heavy atom. The van der Waals surface area contributed by atoms with Gasteiger partial charge in [0.15, 0.2) is 6.29 Å². The monoisotopic (exact) mass is 534 g/mol. The number of nitrogens with one attached hydrogen (secondary N) is 2. The molecule has 3 heterocycles. The highest BCUT2D eigenvalue weighted by Crippen LogP contribution is 2.33. The molecule has 4 rings (SSSR count). The van der Waals surface area contributed by atoms with Gasteiger partial charge < -0.3 is 30.0 Å². The standard InChI is InChI=1S/C25H34N4O7S/c1-37(32,33)29(13-12-27-23-9-5-6-11-26-23)16-21(30)20(15-18-7-3-2-4-8-18)28-25(31)36-22-17-35-24-19(22)10-14-34-24/h2-9,11,19-22,24,30H,10,12-17H2,1H3,(H,26,27)(H,28,31)/t19?,20-,21+,22?,24?/m0/s1. The topological polar surface area (TPSA) is 139 Å². The fraction of sp³-hybridized carbons (Fsp3) is 0.520. The van der Waals surface area contributed by atoms with Gasteiger partial charge in [0, 0.05) is 25.8 Å². The van der Waals surface area contributed by atoms with Crippen molar-refractivity contribution in [3.8, 4) is 0 Å². The van der Waals surface area contributed by atoms with Gasteiger partial charge in [-0.1, -0.05) is 36.4 Å². The molecule has 3 N–H and O–H groups in total. The molecule has 3 unspecified atom stereocenters. The Morgan fingerprint density at radius 2 is 2.00 bits per heavy atom. The van der Waals surface area contributed by atoms with Crippen LogP contribution in [0.3, 0.4) is 0 Å². The van der Waals surface area contributed by atoms with Crippen LogP contribution >= 0.6 is 0 Å². The molecule has 202 valence electrons. The van der Waals surface area contributed by atoms with E-state index in [2.05, 4.69) is 15.6 Å². The zero-order valence-electron chi connectivity index (χ0n) is 20.7. The van der Waals surface area contributed by atoms with E-state index in [0.29, 0.717) is 19.0 Å². The molecule has 0 spiro atoms. The van der Waals surface area contributed by atoms with Crippen molar-refractivity contribution in [2.45, 2.75) is 37.4 Å². The maximum Gasteiger partial charge on any atom is 0.407 e. The number of aromatic nitrogens is 1. The highest BCUT2D eigenvalue weighted by molar-refractivity contribution is 7.88. The van der Waals surface area contributed by atoms with Crippen LogP contribution < -0.4 is 10.6 Å².